The Morgan fingerprint density at radius 1 is 1.30 bits per heavy atom. The van der Waals surface area contributed by atoms with Crippen LogP contribution in [0, 0.1) is 13.8 Å². The van der Waals surface area contributed by atoms with Gasteiger partial charge in [-0.15, -0.1) is 24.8 Å². The molecule has 0 bridgehead atoms. The van der Waals surface area contributed by atoms with Gasteiger partial charge in [0.25, 0.3) is 5.91 Å². The van der Waals surface area contributed by atoms with Gasteiger partial charge in [0.15, 0.2) is 5.82 Å². The van der Waals surface area contributed by atoms with Crippen LogP contribution in [0.15, 0.2) is 24.4 Å². The van der Waals surface area contributed by atoms with Crippen molar-refractivity contribution < 1.29 is 4.79 Å². The lowest BCUT2D eigenvalue weighted by molar-refractivity contribution is 0.0790. The van der Waals surface area contributed by atoms with Crippen molar-refractivity contribution in [3.8, 4) is 5.82 Å². The molecule has 3 rings (SSSR count). The van der Waals surface area contributed by atoms with Gasteiger partial charge in [-0.2, -0.15) is 5.10 Å². The molecule has 6 nitrogen and oxygen atoms in total. The molecule has 1 aliphatic rings. The zero-order valence-corrected chi connectivity index (χ0v) is 14.7. The molecule has 1 fully saturated rings. The van der Waals surface area contributed by atoms with Crippen LogP contribution in [0.2, 0.25) is 0 Å². The van der Waals surface area contributed by atoms with E-state index in [2.05, 4.69) is 10.1 Å². The molecule has 0 spiro atoms. The first-order valence-corrected chi connectivity index (χ1v) is 7.09. The Morgan fingerprint density at radius 3 is 2.52 bits per heavy atom. The maximum atomic E-state index is 12.3. The molecule has 0 radical (unpaired) electrons. The van der Waals surface area contributed by atoms with E-state index in [0.29, 0.717) is 12.1 Å². The number of aryl methyl sites for hydroxylation is 2. The van der Waals surface area contributed by atoms with Gasteiger partial charge in [-0.3, -0.25) is 4.79 Å². The number of hydrogen-bond donors (Lipinski definition) is 1. The lowest BCUT2D eigenvalue weighted by atomic mass is 10.2. The third-order valence-corrected chi connectivity index (χ3v) is 3.73. The second-order valence-corrected chi connectivity index (χ2v) is 5.54. The van der Waals surface area contributed by atoms with E-state index < -0.39 is 0 Å². The highest BCUT2D eigenvalue weighted by atomic mass is 35.5. The fourth-order valence-electron chi connectivity index (χ4n) is 2.65. The summed E-state index contributed by atoms with van der Waals surface area (Å²) < 4.78 is 1.77. The number of nitrogens with zero attached hydrogens (tertiary/aromatic N) is 4. The Morgan fingerprint density at radius 2 is 2.04 bits per heavy atom. The molecule has 3 heterocycles. The number of aromatic nitrogens is 3. The molecule has 2 N–H and O–H groups in total. The maximum Gasteiger partial charge on any atom is 0.255 e. The predicted molar refractivity (Wildman–Crippen MR) is 93.8 cm³/mol. The number of halogens is 2. The first-order chi connectivity index (χ1) is 10.0. The van der Waals surface area contributed by atoms with Crippen LogP contribution in [0.25, 0.3) is 5.82 Å². The second-order valence-electron chi connectivity index (χ2n) is 5.54. The van der Waals surface area contributed by atoms with Gasteiger partial charge >= 0.3 is 0 Å². The average Bonchev–Trinajstić information content (AvgIpc) is 3.04. The second kappa shape index (κ2) is 7.77. The van der Waals surface area contributed by atoms with Crippen molar-refractivity contribution in [2.24, 2.45) is 5.73 Å². The van der Waals surface area contributed by atoms with E-state index in [0.717, 1.165) is 30.2 Å². The van der Waals surface area contributed by atoms with Gasteiger partial charge in [0.05, 0.1) is 11.3 Å². The molecule has 0 saturated carbocycles. The van der Waals surface area contributed by atoms with Crippen molar-refractivity contribution >= 4 is 30.7 Å². The minimum absolute atomic E-state index is 0. The molecular weight excluding hydrogens is 337 g/mol. The summed E-state index contributed by atoms with van der Waals surface area (Å²) in [6.07, 6.45) is 2.47. The molecule has 2 aromatic rings. The summed E-state index contributed by atoms with van der Waals surface area (Å²) in [7, 11) is 0. The summed E-state index contributed by atoms with van der Waals surface area (Å²) in [6.45, 7) is 5.27. The number of amides is 1. The molecule has 1 atom stereocenters. The van der Waals surface area contributed by atoms with Crippen molar-refractivity contribution in [2.75, 3.05) is 13.1 Å². The summed E-state index contributed by atoms with van der Waals surface area (Å²) >= 11 is 0. The molecule has 0 aromatic carbocycles. The quantitative estimate of drug-likeness (QED) is 0.890. The number of nitrogens with two attached hydrogens (primary N) is 1. The lowest BCUT2D eigenvalue weighted by Gasteiger charge is -2.15. The largest absolute Gasteiger partial charge is 0.337 e. The van der Waals surface area contributed by atoms with Crippen LogP contribution in [0.1, 0.15) is 28.2 Å². The zero-order chi connectivity index (χ0) is 15.0. The molecule has 1 aliphatic heterocycles. The van der Waals surface area contributed by atoms with Gasteiger partial charge in [-0.05, 0) is 38.5 Å². The van der Waals surface area contributed by atoms with E-state index in [-0.39, 0.29) is 36.8 Å². The fourth-order valence-corrected chi connectivity index (χ4v) is 2.65. The molecule has 23 heavy (non-hydrogen) atoms. The SMILES string of the molecule is Cc1cc(C)n(-c2ccc(C(=O)N3CC[C@@H](N)C3)cn2)n1.Cl.Cl. The number of hydrogen-bond acceptors (Lipinski definition) is 4. The smallest absolute Gasteiger partial charge is 0.255 e. The molecular formula is C15H21Cl2N5O. The van der Waals surface area contributed by atoms with E-state index in [1.807, 2.05) is 26.0 Å². The Labute approximate surface area is 147 Å². The van der Waals surface area contributed by atoms with Crippen molar-refractivity contribution in [1.29, 1.82) is 0 Å². The molecule has 1 saturated heterocycles. The molecule has 126 valence electrons. The summed E-state index contributed by atoms with van der Waals surface area (Å²) in [5, 5.41) is 4.38. The average molecular weight is 358 g/mol. The van der Waals surface area contributed by atoms with Crippen molar-refractivity contribution in [1.82, 2.24) is 19.7 Å². The summed E-state index contributed by atoms with van der Waals surface area (Å²) in [4.78, 5) is 18.5. The topological polar surface area (TPSA) is 77.0 Å². The van der Waals surface area contributed by atoms with Crippen LogP contribution in [-0.2, 0) is 0 Å². The van der Waals surface area contributed by atoms with Gasteiger partial charge in [0.1, 0.15) is 0 Å². The van der Waals surface area contributed by atoms with Gasteiger partial charge in [-0.25, -0.2) is 9.67 Å². The van der Waals surface area contributed by atoms with Crippen molar-refractivity contribution in [3.05, 3.63) is 41.3 Å². The summed E-state index contributed by atoms with van der Waals surface area (Å²) in [5.41, 5.74) is 8.39. The Kier molecular flexibility index (Phi) is 6.56. The van der Waals surface area contributed by atoms with Gasteiger partial charge < -0.3 is 10.6 Å². The van der Waals surface area contributed by atoms with Gasteiger partial charge in [0, 0.05) is 31.0 Å². The summed E-state index contributed by atoms with van der Waals surface area (Å²) in [6, 6.07) is 5.70. The number of likely N-dealkylation sites (tertiary alicyclic amines) is 1. The van der Waals surface area contributed by atoms with Crippen molar-refractivity contribution in [3.63, 3.8) is 0 Å². The van der Waals surface area contributed by atoms with Crippen LogP contribution in [0.5, 0.6) is 0 Å². The van der Waals surface area contributed by atoms with Crippen LogP contribution >= 0.6 is 24.8 Å². The number of carbonyl (C=O) groups excluding carboxylic acids is 1. The Balaban J connectivity index is 0.00000132. The maximum absolute atomic E-state index is 12.3. The van der Waals surface area contributed by atoms with E-state index in [1.54, 1.807) is 21.8 Å². The minimum Gasteiger partial charge on any atom is -0.337 e. The first kappa shape index (κ1) is 19.4. The van der Waals surface area contributed by atoms with Crippen molar-refractivity contribution in [2.45, 2.75) is 26.3 Å². The molecule has 0 aliphatic carbocycles. The highest BCUT2D eigenvalue weighted by molar-refractivity contribution is 5.94. The third-order valence-electron chi connectivity index (χ3n) is 3.73. The Bertz CT molecular complexity index is 671. The van der Waals surface area contributed by atoms with E-state index >= 15 is 0 Å². The van der Waals surface area contributed by atoms with E-state index in [4.69, 9.17) is 5.73 Å². The normalized spacial score (nSPS) is 16.7. The molecule has 0 unspecified atom stereocenters. The monoisotopic (exact) mass is 357 g/mol. The first-order valence-electron chi connectivity index (χ1n) is 7.09. The molecule has 2 aromatic heterocycles. The standard InChI is InChI=1S/C15H19N5O.2ClH/c1-10-7-11(2)20(18-10)14-4-3-12(8-17-14)15(21)19-6-5-13(16)9-19;;/h3-4,7-8,13H,5-6,9,16H2,1-2H3;2*1H/t13-;;/m1../s1. The molecule has 1 amide bonds. The highest BCUT2D eigenvalue weighted by Gasteiger charge is 2.24. The van der Waals surface area contributed by atoms with Gasteiger partial charge in [0.2, 0.25) is 0 Å². The van der Waals surface area contributed by atoms with E-state index in [9.17, 15) is 4.79 Å². The number of carbonyl (C=O) groups is 1. The van der Waals surface area contributed by atoms with Crippen LogP contribution in [-0.4, -0.2) is 44.7 Å². The zero-order valence-electron chi connectivity index (χ0n) is 13.1. The van der Waals surface area contributed by atoms with E-state index in [1.165, 1.54) is 0 Å². The summed E-state index contributed by atoms with van der Waals surface area (Å²) in [5.74, 6) is 0.714. The fraction of sp³-hybridized carbons (Fsp3) is 0.400. The Hall–Kier alpha value is -1.63. The minimum atomic E-state index is -0.00429. The molecule has 8 heteroatoms. The number of pyridine rings is 1. The van der Waals surface area contributed by atoms with Gasteiger partial charge in [-0.1, -0.05) is 0 Å². The predicted octanol–water partition coefficient (Wildman–Crippen LogP) is 1.90. The van der Waals surface area contributed by atoms with Crippen LogP contribution in [0.4, 0.5) is 0 Å². The van der Waals surface area contributed by atoms with Crippen LogP contribution < -0.4 is 5.73 Å². The third kappa shape index (κ3) is 4.02. The highest BCUT2D eigenvalue weighted by Crippen LogP contribution is 2.14. The number of rotatable bonds is 2. The lowest BCUT2D eigenvalue weighted by Crippen LogP contribution is -2.31. The van der Waals surface area contributed by atoms with Crippen LogP contribution in [0.3, 0.4) is 0 Å².